The van der Waals surface area contributed by atoms with Crippen LogP contribution < -0.4 is 4.74 Å². The van der Waals surface area contributed by atoms with Crippen LogP contribution in [0.4, 0.5) is 4.39 Å². The first-order valence-corrected chi connectivity index (χ1v) is 8.48. The fraction of sp³-hybridized carbons (Fsp3) is 0.632. The van der Waals surface area contributed by atoms with E-state index in [1.807, 2.05) is 12.1 Å². The summed E-state index contributed by atoms with van der Waals surface area (Å²) >= 11 is 0. The van der Waals surface area contributed by atoms with Crippen molar-refractivity contribution in [2.45, 2.75) is 51.4 Å². The van der Waals surface area contributed by atoms with E-state index in [1.165, 1.54) is 11.1 Å². The SMILES string of the molecule is C[C@]12CCC3c4ccc(OCF)cc4CCC3C1CCC2=O. The third-order valence-electron chi connectivity index (χ3n) is 6.63. The lowest BCUT2D eigenvalue weighted by Crippen LogP contribution is -2.42. The van der Waals surface area contributed by atoms with Crippen molar-refractivity contribution in [2.75, 3.05) is 6.86 Å². The van der Waals surface area contributed by atoms with Crippen LogP contribution in [-0.2, 0) is 11.2 Å². The summed E-state index contributed by atoms with van der Waals surface area (Å²) in [6, 6.07) is 6.05. The monoisotopic (exact) mass is 302 g/mol. The molecular formula is C19H23FO2. The Bertz CT molecular complexity index is 611. The molecule has 1 aromatic carbocycles. The number of rotatable bonds is 2. The van der Waals surface area contributed by atoms with Crippen LogP contribution in [-0.4, -0.2) is 12.6 Å². The molecule has 1 aromatic rings. The van der Waals surface area contributed by atoms with E-state index in [0.29, 0.717) is 29.3 Å². The molecule has 3 heteroatoms. The first-order chi connectivity index (χ1) is 10.6. The molecule has 118 valence electrons. The topological polar surface area (TPSA) is 26.3 Å². The van der Waals surface area contributed by atoms with Crippen LogP contribution in [0.2, 0.25) is 0 Å². The van der Waals surface area contributed by atoms with Crippen LogP contribution in [0.3, 0.4) is 0 Å². The van der Waals surface area contributed by atoms with Crippen molar-refractivity contribution in [2.24, 2.45) is 17.3 Å². The third-order valence-corrected chi connectivity index (χ3v) is 6.63. The van der Waals surface area contributed by atoms with Gasteiger partial charge in [-0.1, -0.05) is 13.0 Å². The molecule has 22 heavy (non-hydrogen) atoms. The molecule has 4 atom stereocenters. The molecule has 0 heterocycles. The number of alkyl halides is 1. The zero-order valence-corrected chi connectivity index (χ0v) is 13.1. The summed E-state index contributed by atoms with van der Waals surface area (Å²) < 4.78 is 17.3. The van der Waals surface area contributed by atoms with E-state index in [0.717, 1.165) is 38.5 Å². The molecule has 0 radical (unpaired) electrons. The first kappa shape index (κ1) is 14.2. The van der Waals surface area contributed by atoms with Gasteiger partial charge in [0.15, 0.2) is 0 Å². The summed E-state index contributed by atoms with van der Waals surface area (Å²) in [5.41, 5.74) is 2.68. The summed E-state index contributed by atoms with van der Waals surface area (Å²) in [6.07, 6.45) is 6.18. The second-order valence-corrected chi connectivity index (χ2v) is 7.45. The quantitative estimate of drug-likeness (QED) is 0.808. The summed E-state index contributed by atoms with van der Waals surface area (Å²) in [5, 5.41) is 0. The van der Waals surface area contributed by atoms with Gasteiger partial charge in [-0.15, -0.1) is 0 Å². The Kier molecular flexibility index (Phi) is 3.28. The standard InChI is InChI=1S/C19H23FO2/c1-19-9-8-15-14-5-3-13(22-11-20)10-12(14)2-4-16(15)17(19)6-7-18(19)21/h3,5,10,15-17H,2,4,6-9,11H2,1H3/t15?,16?,17?,19-/m0/s1. The zero-order chi connectivity index (χ0) is 15.3. The van der Waals surface area contributed by atoms with E-state index in [4.69, 9.17) is 4.74 Å². The average molecular weight is 302 g/mol. The van der Waals surface area contributed by atoms with Crippen LogP contribution >= 0.6 is 0 Å². The predicted octanol–water partition coefficient (Wildman–Crippen LogP) is 4.42. The molecule has 3 aliphatic carbocycles. The van der Waals surface area contributed by atoms with Gasteiger partial charge in [-0.05, 0) is 73.1 Å². The van der Waals surface area contributed by atoms with Gasteiger partial charge in [0.05, 0.1) is 0 Å². The number of ketones is 1. The molecule has 3 unspecified atom stereocenters. The first-order valence-electron chi connectivity index (χ1n) is 8.48. The number of Topliss-reactive ketones (excluding diaryl/α,β-unsaturated/α-hetero) is 1. The molecule has 2 fully saturated rings. The molecule has 0 bridgehead atoms. The molecule has 0 saturated heterocycles. The highest BCUT2D eigenvalue weighted by molar-refractivity contribution is 5.87. The molecular weight excluding hydrogens is 279 g/mol. The van der Waals surface area contributed by atoms with Gasteiger partial charge >= 0.3 is 0 Å². The van der Waals surface area contributed by atoms with Crippen molar-refractivity contribution < 1.29 is 13.9 Å². The maximum atomic E-state index is 12.4. The molecule has 0 aromatic heterocycles. The molecule has 3 aliphatic rings. The largest absolute Gasteiger partial charge is 0.463 e. The molecule has 4 rings (SSSR count). The van der Waals surface area contributed by atoms with Crippen molar-refractivity contribution in [1.82, 2.24) is 0 Å². The Hall–Kier alpha value is -1.38. The fourth-order valence-corrected chi connectivity index (χ4v) is 5.48. The van der Waals surface area contributed by atoms with Crippen LogP contribution in [0.25, 0.3) is 0 Å². The normalized spacial score (nSPS) is 36.5. The van der Waals surface area contributed by atoms with Crippen LogP contribution in [0.15, 0.2) is 18.2 Å². The fourth-order valence-electron chi connectivity index (χ4n) is 5.48. The van der Waals surface area contributed by atoms with Gasteiger partial charge in [-0.25, -0.2) is 4.39 Å². The Morgan fingerprint density at radius 1 is 1.27 bits per heavy atom. The van der Waals surface area contributed by atoms with E-state index >= 15 is 0 Å². The summed E-state index contributed by atoms with van der Waals surface area (Å²) in [4.78, 5) is 12.3. The lowest BCUT2D eigenvalue weighted by molar-refractivity contribution is -0.129. The third kappa shape index (κ3) is 1.94. The lowest BCUT2D eigenvalue weighted by atomic mass is 9.55. The minimum atomic E-state index is -0.770. The number of benzene rings is 1. The molecule has 0 N–H and O–H groups in total. The van der Waals surface area contributed by atoms with Gasteiger partial charge in [0.1, 0.15) is 11.5 Å². The maximum absolute atomic E-state index is 12.4. The van der Waals surface area contributed by atoms with Gasteiger partial charge in [0.25, 0.3) is 0 Å². The second kappa shape index (κ2) is 5.07. The molecule has 0 aliphatic heterocycles. The lowest BCUT2D eigenvalue weighted by Gasteiger charge is -2.48. The van der Waals surface area contributed by atoms with Crippen molar-refractivity contribution in [1.29, 1.82) is 0 Å². The van der Waals surface area contributed by atoms with Gasteiger partial charge in [-0.2, -0.15) is 0 Å². The number of hydrogen-bond acceptors (Lipinski definition) is 2. The van der Waals surface area contributed by atoms with Crippen molar-refractivity contribution >= 4 is 5.78 Å². The van der Waals surface area contributed by atoms with E-state index in [2.05, 4.69) is 13.0 Å². The summed E-state index contributed by atoms with van der Waals surface area (Å²) in [6.45, 7) is 1.43. The van der Waals surface area contributed by atoms with Gasteiger partial charge < -0.3 is 4.74 Å². The van der Waals surface area contributed by atoms with E-state index in [1.54, 1.807) is 0 Å². The second-order valence-electron chi connectivity index (χ2n) is 7.45. The van der Waals surface area contributed by atoms with Crippen molar-refractivity contribution in [3.63, 3.8) is 0 Å². The number of halogens is 1. The number of carbonyl (C=O) groups is 1. The minimum Gasteiger partial charge on any atom is -0.463 e. The Morgan fingerprint density at radius 2 is 2.14 bits per heavy atom. The highest BCUT2D eigenvalue weighted by atomic mass is 19.1. The number of ether oxygens (including phenoxy) is 1. The molecule has 0 amide bonds. The highest BCUT2D eigenvalue weighted by Gasteiger charge is 2.54. The number of hydrogen-bond donors (Lipinski definition) is 0. The minimum absolute atomic E-state index is 0.0596. The molecule has 0 spiro atoms. The average Bonchev–Trinajstić information content (AvgIpc) is 2.83. The number of carbonyl (C=O) groups excluding carboxylic acids is 1. The highest BCUT2D eigenvalue weighted by Crippen LogP contribution is 2.59. The molecule has 2 saturated carbocycles. The van der Waals surface area contributed by atoms with E-state index in [-0.39, 0.29) is 5.41 Å². The maximum Gasteiger partial charge on any atom is 0.228 e. The Labute approximate surface area is 131 Å². The van der Waals surface area contributed by atoms with Crippen molar-refractivity contribution in [3.05, 3.63) is 29.3 Å². The van der Waals surface area contributed by atoms with E-state index in [9.17, 15) is 9.18 Å². The van der Waals surface area contributed by atoms with Crippen molar-refractivity contribution in [3.8, 4) is 5.75 Å². The number of aryl methyl sites for hydroxylation is 1. The van der Waals surface area contributed by atoms with Gasteiger partial charge in [0, 0.05) is 11.8 Å². The smallest absolute Gasteiger partial charge is 0.228 e. The predicted molar refractivity (Wildman–Crippen MR) is 82.7 cm³/mol. The van der Waals surface area contributed by atoms with Crippen LogP contribution in [0.1, 0.15) is 56.1 Å². The van der Waals surface area contributed by atoms with Crippen LogP contribution in [0, 0.1) is 17.3 Å². The summed E-state index contributed by atoms with van der Waals surface area (Å²) in [5.74, 6) is 2.91. The van der Waals surface area contributed by atoms with Gasteiger partial charge in [-0.3, -0.25) is 4.79 Å². The number of fused-ring (bicyclic) bond motifs is 5. The van der Waals surface area contributed by atoms with E-state index < -0.39 is 6.86 Å². The van der Waals surface area contributed by atoms with Gasteiger partial charge in [0.2, 0.25) is 6.86 Å². The Balaban J connectivity index is 1.66. The Morgan fingerprint density at radius 3 is 2.95 bits per heavy atom. The van der Waals surface area contributed by atoms with Crippen LogP contribution in [0.5, 0.6) is 5.75 Å². The summed E-state index contributed by atoms with van der Waals surface area (Å²) in [7, 11) is 0. The molecule has 2 nitrogen and oxygen atoms in total. The zero-order valence-electron chi connectivity index (χ0n) is 13.1.